The first-order chi connectivity index (χ1) is 11.2. The SMILES string of the molecule is Cc1cc(Br)cc(C)c1N1C(=NC(=O)CCl)S[C@H]2CS(=O)(=O)C[C@H]21. The molecule has 1 amide bonds. The monoisotopic (exact) mass is 450 g/mol. The van der Waals surface area contributed by atoms with Gasteiger partial charge in [-0.15, -0.1) is 11.6 Å². The van der Waals surface area contributed by atoms with Gasteiger partial charge >= 0.3 is 0 Å². The van der Waals surface area contributed by atoms with Crippen LogP contribution in [0.4, 0.5) is 5.69 Å². The Labute approximate surface area is 158 Å². The minimum atomic E-state index is -3.08. The molecule has 0 spiro atoms. The van der Waals surface area contributed by atoms with Crippen molar-refractivity contribution in [1.29, 1.82) is 0 Å². The number of benzene rings is 1. The molecular weight excluding hydrogens is 436 g/mol. The number of amidine groups is 1. The zero-order valence-electron chi connectivity index (χ0n) is 13.1. The topological polar surface area (TPSA) is 66.8 Å². The van der Waals surface area contributed by atoms with Gasteiger partial charge in [-0.25, -0.2) is 8.42 Å². The minimum Gasteiger partial charge on any atom is -0.315 e. The Kier molecular flexibility index (Phi) is 5.03. The summed E-state index contributed by atoms with van der Waals surface area (Å²) >= 11 is 10.4. The number of anilines is 1. The lowest BCUT2D eigenvalue weighted by atomic mass is 10.1. The van der Waals surface area contributed by atoms with Crippen LogP contribution in [-0.4, -0.2) is 48.2 Å². The van der Waals surface area contributed by atoms with Crippen molar-refractivity contribution < 1.29 is 13.2 Å². The van der Waals surface area contributed by atoms with Crippen molar-refractivity contribution >= 4 is 65.9 Å². The van der Waals surface area contributed by atoms with Gasteiger partial charge in [-0.05, 0) is 37.1 Å². The van der Waals surface area contributed by atoms with Crippen molar-refractivity contribution in [3.05, 3.63) is 27.7 Å². The molecule has 5 nitrogen and oxygen atoms in total. The number of nitrogens with zero attached hydrogens (tertiary/aromatic N) is 2. The van der Waals surface area contributed by atoms with E-state index in [2.05, 4.69) is 20.9 Å². The summed E-state index contributed by atoms with van der Waals surface area (Å²) < 4.78 is 25.1. The molecule has 24 heavy (non-hydrogen) atoms. The summed E-state index contributed by atoms with van der Waals surface area (Å²) in [4.78, 5) is 17.8. The van der Waals surface area contributed by atoms with Gasteiger partial charge in [0.2, 0.25) is 0 Å². The normalized spacial score (nSPS) is 26.8. The van der Waals surface area contributed by atoms with E-state index in [-0.39, 0.29) is 28.7 Å². The molecule has 1 aromatic rings. The van der Waals surface area contributed by atoms with Crippen LogP contribution in [0.1, 0.15) is 11.1 Å². The second-order valence-electron chi connectivity index (χ2n) is 5.98. The van der Waals surface area contributed by atoms with E-state index in [1.807, 2.05) is 30.9 Å². The van der Waals surface area contributed by atoms with Gasteiger partial charge in [-0.1, -0.05) is 27.7 Å². The standard InChI is InChI=1S/C15H16BrClN2O3S2/c1-8-3-10(16)4-9(2)14(8)19-11-6-24(21,22)7-12(11)23-15(19)18-13(20)5-17/h3-4,11-12H,5-7H2,1-2H3/t11-,12+/m1/s1. The summed E-state index contributed by atoms with van der Waals surface area (Å²) in [6, 6.07) is 3.75. The summed E-state index contributed by atoms with van der Waals surface area (Å²) in [5.41, 5.74) is 2.91. The predicted octanol–water partition coefficient (Wildman–Crippen LogP) is 2.91. The first-order valence-corrected chi connectivity index (χ1v) is 11.4. The number of amides is 1. The maximum Gasteiger partial charge on any atom is 0.262 e. The van der Waals surface area contributed by atoms with Gasteiger partial charge in [-0.2, -0.15) is 4.99 Å². The maximum absolute atomic E-state index is 12.1. The number of fused-ring (bicyclic) bond motifs is 1. The van der Waals surface area contributed by atoms with Gasteiger partial charge in [0.15, 0.2) is 15.0 Å². The molecule has 0 saturated carbocycles. The second kappa shape index (κ2) is 6.63. The number of halogens is 2. The molecule has 0 bridgehead atoms. The van der Waals surface area contributed by atoms with Crippen LogP contribution in [0.5, 0.6) is 0 Å². The summed E-state index contributed by atoms with van der Waals surface area (Å²) in [5, 5.41) is 0.429. The molecule has 0 N–H and O–H groups in total. The van der Waals surface area contributed by atoms with Gasteiger partial charge < -0.3 is 4.90 Å². The Morgan fingerprint density at radius 2 is 2.00 bits per heavy atom. The highest BCUT2D eigenvalue weighted by atomic mass is 79.9. The van der Waals surface area contributed by atoms with Crippen molar-refractivity contribution in [2.75, 3.05) is 22.3 Å². The van der Waals surface area contributed by atoms with Crippen molar-refractivity contribution in [2.24, 2.45) is 4.99 Å². The fourth-order valence-corrected chi connectivity index (χ4v) is 7.91. The molecule has 3 rings (SSSR count). The Bertz CT molecular complexity index is 818. The van der Waals surface area contributed by atoms with Crippen LogP contribution in [0.15, 0.2) is 21.6 Å². The predicted molar refractivity (Wildman–Crippen MR) is 103 cm³/mol. The fraction of sp³-hybridized carbons (Fsp3) is 0.467. The van der Waals surface area contributed by atoms with E-state index in [4.69, 9.17) is 11.6 Å². The summed E-state index contributed by atoms with van der Waals surface area (Å²) in [6.07, 6.45) is 0. The average Bonchev–Trinajstić information content (AvgIpc) is 2.90. The molecule has 2 saturated heterocycles. The molecular formula is C15H16BrClN2O3S2. The molecule has 2 atom stereocenters. The quantitative estimate of drug-likeness (QED) is 0.647. The van der Waals surface area contributed by atoms with E-state index < -0.39 is 15.7 Å². The van der Waals surface area contributed by atoms with E-state index in [0.29, 0.717) is 5.17 Å². The number of carbonyl (C=O) groups is 1. The number of sulfone groups is 1. The van der Waals surface area contributed by atoms with E-state index >= 15 is 0 Å². The van der Waals surface area contributed by atoms with Gasteiger partial charge in [0.05, 0.1) is 17.5 Å². The molecule has 1 aromatic carbocycles. The van der Waals surface area contributed by atoms with Crippen LogP contribution in [0.2, 0.25) is 0 Å². The Balaban J connectivity index is 2.12. The van der Waals surface area contributed by atoms with Crippen LogP contribution in [-0.2, 0) is 14.6 Å². The molecule has 2 aliphatic rings. The van der Waals surface area contributed by atoms with Crippen LogP contribution >= 0.6 is 39.3 Å². The number of aryl methyl sites for hydroxylation is 2. The number of thioether (sulfide) groups is 1. The van der Waals surface area contributed by atoms with Crippen molar-refractivity contribution in [2.45, 2.75) is 25.1 Å². The van der Waals surface area contributed by atoms with Gasteiger partial charge in [0.1, 0.15) is 5.88 Å². The number of rotatable bonds is 2. The molecule has 0 aromatic heterocycles. The second-order valence-corrected chi connectivity index (χ2v) is 10.5. The highest BCUT2D eigenvalue weighted by molar-refractivity contribution is 9.10. The first kappa shape index (κ1) is 18.2. The minimum absolute atomic E-state index is 0.0771. The van der Waals surface area contributed by atoms with Crippen LogP contribution in [0, 0.1) is 13.8 Å². The molecule has 2 fully saturated rings. The third-order valence-electron chi connectivity index (χ3n) is 4.10. The number of hydrogen-bond donors (Lipinski definition) is 0. The first-order valence-electron chi connectivity index (χ1n) is 7.32. The van der Waals surface area contributed by atoms with Crippen molar-refractivity contribution in [1.82, 2.24) is 0 Å². The highest BCUT2D eigenvalue weighted by Gasteiger charge is 2.49. The van der Waals surface area contributed by atoms with Crippen LogP contribution < -0.4 is 4.90 Å². The van der Waals surface area contributed by atoms with Crippen LogP contribution in [0.3, 0.4) is 0 Å². The Hall–Kier alpha value is -0.570. The Morgan fingerprint density at radius 1 is 1.38 bits per heavy atom. The summed E-state index contributed by atoms with van der Waals surface area (Å²) in [7, 11) is -3.08. The molecule has 2 heterocycles. The van der Waals surface area contributed by atoms with E-state index in [1.165, 1.54) is 11.8 Å². The molecule has 9 heteroatoms. The zero-order chi connectivity index (χ0) is 17.6. The lowest BCUT2D eigenvalue weighted by molar-refractivity contribution is -0.115. The van der Waals surface area contributed by atoms with Crippen molar-refractivity contribution in [3.8, 4) is 0 Å². The van der Waals surface area contributed by atoms with Crippen LogP contribution in [0.25, 0.3) is 0 Å². The smallest absolute Gasteiger partial charge is 0.262 e. The number of aliphatic imine (C=N–C) groups is 1. The summed E-state index contributed by atoms with van der Waals surface area (Å²) in [6.45, 7) is 3.94. The zero-order valence-corrected chi connectivity index (χ0v) is 17.1. The lowest BCUT2D eigenvalue weighted by Crippen LogP contribution is -2.38. The lowest BCUT2D eigenvalue weighted by Gasteiger charge is -2.28. The Morgan fingerprint density at radius 3 is 2.58 bits per heavy atom. The average molecular weight is 452 g/mol. The molecule has 0 unspecified atom stereocenters. The molecule has 0 aliphatic carbocycles. The van der Waals surface area contributed by atoms with E-state index in [9.17, 15) is 13.2 Å². The number of hydrogen-bond acceptors (Lipinski definition) is 4. The van der Waals surface area contributed by atoms with Crippen molar-refractivity contribution in [3.63, 3.8) is 0 Å². The van der Waals surface area contributed by atoms with Gasteiger partial charge in [0.25, 0.3) is 5.91 Å². The fourth-order valence-electron chi connectivity index (χ4n) is 3.25. The highest BCUT2D eigenvalue weighted by Crippen LogP contribution is 2.43. The molecule has 2 aliphatic heterocycles. The third kappa shape index (κ3) is 3.38. The maximum atomic E-state index is 12.1. The largest absolute Gasteiger partial charge is 0.315 e. The number of carbonyl (C=O) groups excluding carboxylic acids is 1. The molecule has 130 valence electrons. The molecule has 0 radical (unpaired) electrons. The van der Waals surface area contributed by atoms with Gasteiger partial charge in [0, 0.05) is 15.4 Å². The third-order valence-corrected chi connectivity index (χ3v) is 7.99. The van der Waals surface area contributed by atoms with E-state index in [0.717, 1.165) is 21.3 Å². The number of alkyl halides is 1. The summed E-state index contributed by atoms with van der Waals surface area (Å²) in [5.74, 6) is -0.418. The van der Waals surface area contributed by atoms with E-state index in [1.54, 1.807) is 0 Å². The van der Waals surface area contributed by atoms with Gasteiger partial charge in [-0.3, -0.25) is 4.79 Å².